The Labute approximate surface area is 134 Å². The number of nitrogens with zero attached hydrogens (tertiary/aromatic N) is 2. The van der Waals surface area contributed by atoms with Crippen molar-refractivity contribution in [2.24, 2.45) is 0 Å². The number of hydrogen-bond donors (Lipinski definition) is 2. The molecular weight excluding hydrogens is 292 g/mol. The fraction of sp³-hybridized carbons (Fsp3) is 0.176. The van der Waals surface area contributed by atoms with Crippen LogP contribution in [0.3, 0.4) is 0 Å². The van der Waals surface area contributed by atoms with Gasteiger partial charge in [-0.05, 0) is 31.2 Å². The number of pyridine rings is 1. The lowest BCUT2D eigenvalue weighted by Gasteiger charge is -2.08. The van der Waals surface area contributed by atoms with Crippen molar-refractivity contribution in [3.05, 3.63) is 65.1 Å². The summed E-state index contributed by atoms with van der Waals surface area (Å²) in [5, 5.41) is 9.57. The highest BCUT2D eigenvalue weighted by Gasteiger charge is 2.08. The van der Waals surface area contributed by atoms with Crippen LogP contribution in [0.2, 0.25) is 0 Å². The summed E-state index contributed by atoms with van der Waals surface area (Å²) < 4.78 is 0. The maximum absolute atomic E-state index is 4.65. The summed E-state index contributed by atoms with van der Waals surface area (Å²) in [6.45, 7) is 2.13. The molecule has 0 spiro atoms. The van der Waals surface area contributed by atoms with Crippen molar-refractivity contribution in [2.45, 2.75) is 13.3 Å². The Morgan fingerprint density at radius 1 is 1.27 bits per heavy atom. The molecule has 0 unspecified atom stereocenters. The fourth-order valence-corrected chi connectivity index (χ4v) is 2.98. The summed E-state index contributed by atoms with van der Waals surface area (Å²) in [7, 11) is 1.93. The molecule has 0 atom stereocenters. The molecule has 0 radical (unpaired) electrons. The summed E-state index contributed by atoms with van der Waals surface area (Å²) in [5.74, 6) is 0. The summed E-state index contributed by atoms with van der Waals surface area (Å²) in [5.41, 5.74) is 5.52. The number of likely N-dealkylation sites (N-methyl/N-ethyl adjacent to an activating group) is 1. The molecular formula is C17H18N4S. The van der Waals surface area contributed by atoms with E-state index in [0.29, 0.717) is 0 Å². The number of aromatic nitrogens is 2. The van der Waals surface area contributed by atoms with E-state index in [2.05, 4.69) is 45.8 Å². The Hall–Kier alpha value is -2.40. The maximum Gasteiger partial charge on any atom is 0.187 e. The molecule has 112 valence electrons. The number of nitrogens with one attached hydrogen (secondary N) is 2. The lowest BCUT2D eigenvalue weighted by atomic mass is 10.2. The molecule has 0 aliphatic heterocycles. The van der Waals surface area contributed by atoms with Gasteiger partial charge in [-0.1, -0.05) is 11.6 Å². The van der Waals surface area contributed by atoms with E-state index in [-0.39, 0.29) is 0 Å². The number of allylic oxidation sites excluding steroid dienone is 4. The Morgan fingerprint density at radius 3 is 2.95 bits per heavy atom. The molecule has 5 heteroatoms. The fourth-order valence-electron chi connectivity index (χ4n) is 2.23. The lowest BCUT2D eigenvalue weighted by Crippen LogP contribution is -2.06. The van der Waals surface area contributed by atoms with Crippen LogP contribution in [0.25, 0.3) is 11.3 Å². The molecule has 1 aliphatic carbocycles. The van der Waals surface area contributed by atoms with Gasteiger partial charge < -0.3 is 10.6 Å². The van der Waals surface area contributed by atoms with Gasteiger partial charge in [0.15, 0.2) is 5.13 Å². The van der Waals surface area contributed by atoms with E-state index in [1.807, 2.05) is 30.8 Å². The van der Waals surface area contributed by atoms with Crippen molar-refractivity contribution in [1.29, 1.82) is 0 Å². The molecule has 2 N–H and O–H groups in total. The molecule has 4 nitrogen and oxygen atoms in total. The zero-order chi connectivity index (χ0) is 15.4. The third-order valence-corrected chi connectivity index (χ3v) is 4.12. The predicted molar refractivity (Wildman–Crippen MR) is 92.6 cm³/mol. The topological polar surface area (TPSA) is 49.8 Å². The van der Waals surface area contributed by atoms with Gasteiger partial charge in [-0.3, -0.25) is 4.98 Å². The minimum Gasteiger partial charge on any atom is -0.388 e. The first-order chi connectivity index (χ1) is 10.7. The number of anilines is 1. The van der Waals surface area contributed by atoms with Crippen molar-refractivity contribution in [3.63, 3.8) is 0 Å². The van der Waals surface area contributed by atoms with Crippen molar-refractivity contribution >= 4 is 16.5 Å². The Balaban J connectivity index is 1.79. The second kappa shape index (κ2) is 6.58. The van der Waals surface area contributed by atoms with Crippen LogP contribution in [0.4, 0.5) is 5.13 Å². The van der Waals surface area contributed by atoms with E-state index in [1.165, 1.54) is 5.57 Å². The quantitative estimate of drug-likeness (QED) is 0.897. The van der Waals surface area contributed by atoms with Crippen LogP contribution in [0, 0.1) is 0 Å². The van der Waals surface area contributed by atoms with Gasteiger partial charge in [0.2, 0.25) is 0 Å². The first-order valence-electron chi connectivity index (χ1n) is 7.13. The van der Waals surface area contributed by atoms with Crippen LogP contribution < -0.4 is 10.6 Å². The van der Waals surface area contributed by atoms with Crippen LogP contribution in [0.1, 0.15) is 13.3 Å². The first-order valence-corrected chi connectivity index (χ1v) is 8.01. The number of rotatable bonds is 4. The monoisotopic (exact) mass is 310 g/mol. The predicted octanol–water partition coefficient (Wildman–Crippen LogP) is 3.95. The highest BCUT2D eigenvalue weighted by Crippen LogP contribution is 2.26. The molecule has 0 amide bonds. The van der Waals surface area contributed by atoms with E-state index in [4.69, 9.17) is 0 Å². The highest BCUT2D eigenvalue weighted by molar-refractivity contribution is 7.14. The van der Waals surface area contributed by atoms with Crippen LogP contribution in [0.15, 0.2) is 65.1 Å². The summed E-state index contributed by atoms with van der Waals surface area (Å²) in [6, 6.07) is 3.94. The van der Waals surface area contributed by atoms with Crippen molar-refractivity contribution in [1.82, 2.24) is 15.3 Å². The molecule has 0 saturated heterocycles. The van der Waals surface area contributed by atoms with Crippen LogP contribution in [-0.4, -0.2) is 17.0 Å². The van der Waals surface area contributed by atoms with E-state index in [1.54, 1.807) is 17.5 Å². The molecule has 0 saturated carbocycles. The van der Waals surface area contributed by atoms with Gasteiger partial charge in [0.05, 0.1) is 5.69 Å². The second-order valence-electron chi connectivity index (χ2n) is 5.14. The average Bonchev–Trinajstić information content (AvgIpc) is 2.92. The van der Waals surface area contributed by atoms with E-state index in [0.717, 1.165) is 34.2 Å². The van der Waals surface area contributed by atoms with Crippen molar-refractivity contribution in [3.8, 4) is 11.3 Å². The minimum absolute atomic E-state index is 0.892. The molecule has 0 fully saturated rings. The molecule has 3 rings (SSSR count). The Kier molecular flexibility index (Phi) is 4.34. The zero-order valence-electron chi connectivity index (χ0n) is 12.6. The summed E-state index contributed by atoms with van der Waals surface area (Å²) in [4.78, 5) is 8.79. The SMILES string of the molecule is CNC1=CC=C(C)CC(Nc2nc(-c3cccnc3)cs2)=C1. The van der Waals surface area contributed by atoms with Gasteiger partial charge in [0.1, 0.15) is 0 Å². The third kappa shape index (κ3) is 3.43. The second-order valence-corrected chi connectivity index (χ2v) is 5.99. The third-order valence-electron chi connectivity index (χ3n) is 3.36. The van der Waals surface area contributed by atoms with E-state index < -0.39 is 0 Å². The highest BCUT2D eigenvalue weighted by atomic mass is 32.1. The van der Waals surface area contributed by atoms with Crippen LogP contribution in [-0.2, 0) is 0 Å². The van der Waals surface area contributed by atoms with Crippen LogP contribution >= 0.6 is 11.3 Å². The lowest BCUT2D eigenvalue weighted by molar-refractivity contribution is 1.02. The average molecular weight is 310 g/mol. The maximum atomic E-state index is 4.65. The Bertz CT molecular complexity index is 741. The largest absolute Gasteiger partial charge is 0.388 e. The van der Waals surface area contributed by atoms with Gasteiger partial charge in [0.25, 0.3) is 0 Å². The van der Waals surface area contributed by atoms with Gasteiger partial charge in [-0.15, -0.1) is 11.3 Å². The van der Waals surface area contributed by atoms with Gasteiger partial charge in [0, 0.05) is 48.2 Å². The van der Waals surface area contributed by atoms with Gasteiger partial charge in [-0.25, -0.2) is 4.98 Å². The molecule has 22 heavy (non-hydrogen) atoms. The van der Waals surface area contributed by atoms with Crippen molar-refractivity contribution in [2.75, 3.05) is 12.4 Å². The molecule has 2 aromatic heterocycles. The van der Waals surface area contributed by atoms with Crippen LogP contribution in [0.5, 0.6) is 0 Å². The van der Waals surface area contributed by atoms with E-state index in [9.17, 15) is 0 Å². The molecule has 1 aliphatic rings. The van der Waals surface area contributed by atoms with Crippen molar-refractivity contribution < 1.29 is 0 Å². The molecule has 0 aromatic carbocycles. The summed E-state index contributed by atoms with van der Waals surface area (Å²) >= 11 is 1.60. The first kappa shape index (κ1) is 14.5. The van der Waals surface area contributed by atoms with Gasteiger partial charge >= 0.3 is 0 Å². The molecule has 2 aromatic rings. The Morgan fingerprint density at radius 2 is 2.18 bits per heavy atom. The molecule has 2 heterocycles. The standard InChI is InChI=1S/C17H18N4S/c1-12-5-6-14(18-2)9-15(8-12)20-17-21-16(11-22-17)13-4-3-7-19-10-13/h3-7,9-11,18H,8H2,1-2H3,(H,20,21). The zero-order valence-corrected chi connectivity index (χ0v) is 13.4. The summed E-state index contributed by atoms with van der Waals surface area (Å²) in [6.07, 6.45) is 10.8. The normalized spacial score (nSPS) is 14.5. The minimum atomic E-state index is 0.892. The number of thiazole rings is 1. The van der Waals surface area contributed by atoms with Gasteiger partial charge in [-0.2, -0.15) is 0 Å². The van der Waals surface area contributed by atoms with E-state index >= 15 is 0 Å². The number of hydrogen-bond acceptors (Lipinski definition) is 5. The smallest absolute Gasteiger partial charge is 0.187 e. The molecule has 0 bridgehead atoms.